The molecule has 0 radical (unpaired) electrons. The van der Waals surface area contributed by atoms with Gasteiger partial charge in [-0.15, -0.1) is 0 Å². The smallest absolute Gasteiger partial charge is 0.254 e. The molecule has 1 N–H and O–H groups in total. The number of halogens is 1. The van der Waals surface area contributed by atoms with E-state index in [9.17, 15) is 14.0 Å². The van der Waals surface area contributed by atoms with E-state index in [2.05, 4.69) is 5.32 Å². The summed E-state index contributed by atoms with van der Waals surface area (Å²) in [6, 6.07) is 24.3. The van der Waals surface area contributed by atoms with Crippen molar-refractivity contribution in [3.63, 3.8) is 0 Å². The summed E-state index contributed by atoms with van der Waals surface area (Å²) in [5, 5.41) is 2.99. The van der Waals surface area contributed by atoms with Crippen LogP contribution in [-0.4, -0.2) is 36.3 Å². The number of carbonyl (C=O) groups is 2. The van der Waals surface area contributed by atoms with Crippen LogP contribution in [-0.2, 0) is 4.79 Å². The van der Waals surface area contributed by atoms with E-state index in [0.717, 1.165) is 29.5 Å². The zero-order valence-corrected chi connectivity index (χ0v) is 18.5. The average Bonchev–Trinajstić information content (AvgIpc) is 2.85. The molecule has 3 aromatic rings. The molecule has 2 aliphatic rings. The molecule has 1 spiro atoms. The van der Waals surface area contributed by atoms with E-state index in [1.807, 2.05) is 71.6 Å². The lowest BCUT2D eigenvalue weighted by atomic mass is 9.62. The van der Waals surface area contributed by atoms with E-state index in [4.69, 9.17) is 0 Å². The Morgan fingerprint density at radius 3 is 2.30 bits per heavy atom. The summed E-state index contributed by atoms with van der Waals surface area (Å²) in [7, 11) is 0. The number of likely N-dealkylation sites (tertiary alicyclic amines) is 1. The molecule has 5 heteroatoms. The van der Waals surface area contributed by atoms with Crippen molar-refractivity contribution >= 4 is 11.8 Å². The van der Waals surface area contributed by atoms with Crippen LogP contribution >= 0.6 is 0 Å². The van der Waals surface area contributed by atoms with Crippen molar-refractivity contribution in [2.24, 2.45) is 5.41 Å². The summed E-state index contributed by atoms with van der Waals surface area (Å²) in [5.41, 5.74) is 3.50. The molecule has 2 fully saturated rings. The van der Waals surface area contributed by atoms with Gasteiger partial charge in [0.1, 0.15) is 5.82 Å². The maximum atomic E-state index is 13.5. The molecule has 4 nitrogen and oxygen atoms in total. The van der Waals surface area contributed by atoms with Crippen molar-refractivity contribution in [3.05, 3.63) is 95.8 Å². The number of benzene rings is 3. The number of amides is 2. The van der Waals surface area contributed by atoms with Gasteiger partial charge in [-0.05, 0) is 53.1 Å². The van der Waals surface area contributed by atoms with E-state index in [1.165, 1.54) is 12.1 Å². The molecular formula is C28H27FN2O2. The van der Waals surface area contributed by atoms with Crippen molar-refractivity contribution in [2.45, 2.75) is 25.2 Å². The average molecular weight is 443 g/mol. The molecule has 2 aliphatic heterocycles. The van der Waals surface area contributed by atoms with Gasteiger partial charge < -0.3 is 10.2 Å². The number of carbonyl (C=O) groups excluding carboxylic acids is 2. The summed E-state index contributed by atoms with van der Waals surface area (Å²) >= 11 is 0. The Balaban J connectivity index is 1.38. The van der Waals surface area contributed by atoms with E-state index < -0.39 is 0 Å². The molecule has 3 aromatic carbocycles. The minimum absolute atomic E-state index is 0.0305. The molecule has 1 atom stereocenters. The number of nitrogens with zero attached hydrogens (tertiary/aromatic N) is 1. The van der Waals surface area contributed by atoms with E-state index in [0.29, 0.717) is 31.6 Å². The number of hydrogen-bond donors (Lipinski definition) is 1. The third-order valence-corrected chi connectivity index (χ3v) is 7.32. The molecule has 0 bridgehead atoms. The highest BCUT2D eigenvalue weighted by atomic mass is 19.1. The van der Waals surface area contributed by atoms with Gasteiger partial charge in [-0.2, -0.15) is 0 Å². The largest absolute Gasteiger partial charge is 0.355 e. The molecule has 5 rings (SSSR count). The van der Waals surface area contributed by atoms with Gasteiger partial charge in [0.05, 0.1) is 0 Å². The SMILES string of the molecule is O=C1CC2(CCN(C(=O)c3ccccc3-c3ccccc3)CC2)[C@H](c2ccc(F)cc2)CN1. The van der Waals surface area contributed by atoms with E-state index in [1.54, 1.807) is 0 Å². The quantitative estimate of drug-likeness (QED) is 0.619. The molecule has 168 valence electrons. The van der Waals surface area contributed by atoms with Crippen LogP contribution in [0.15, 0.2) is 78.9 Å². The molecule has 33 heavy (non-hydrogen) atoms. The van der Waals surface area contributed by atoms with Gasteiger partial charge in [-0.25, -0.2) is 4.39 Å². The minimum atomic E-state index is -0.259. The predicted molar refractivity (Wildman–Crippen MR) is 126 cm³/mol. The zero-order valence-electron chi connectivity index (χ0n) is 18.5. The van der Waals surface area contributed by atoms with Gasteiger partial charge in [0.15, 0.2) is 0 Å². The first-order chi connectivity index (χ1) is 16.1. The van der Waals surface area contributed by atoms with E-state index >= 15 is 0 Å². The van der Waals surface area contributed by atoms with Crippen LogP contribution in [0.4, 0.5) is 4.39 Å². The Labute approximate surface area is 193 Å². The third-order valence-electron chi connectivity index (χ3n) is 7.32. The van der Waals surface area contributed by atoms with Crippen LogP contribution in [0, 0.1) is 11.2 Å². The van der Waals surface area contributed by atoms with Crippen LogP contribution in [0.25, 0.3) is 11.1 Å². The highest BCUT2D eigenvalue weighted by Crippen LogP contribution is 2.49. The Hall–Kier alpha value is -3.47. The van der Waals surface area contributed by atoms with Crippen molar-refractivity contribution in [1.82, 2.24) is 10.2 Å². The molecule has 2 saturated heterocycles. The van der Waals surface area contributed by atoms with Crippen LogP contribution in [0.5, 0.6) is 0 Å². The molecule has 0 unspecified atom stereocenters. The number of nitrogens with one attached hydrogen (secondary N) is 1. The lowest BCUT2D eigenvalue weighted by Crippen LogP contribution is -2.53. The van der Waals surface area contributed by atoms with Gasteiger partial charge in [-0.1, -0.05) is 60.7 Å². The first kappa shape index (κ1) is 21.4. The van der Waals surface area contributed by atoms with Crippen LogP contribution in [0.2, 0.25) is 0 Å². The monoisotopic (exact) mass is 442 g/mol. The van der Waals surface area contributed by atoms with Gasteiger partial charge in [0, 0.05) is 37.5 Å². The third kappa shape index (κ3) is 4.15. The number of hydrogen-bond acceptors (Lipinski definition) is 2. The van der Waals surface area contributed by atoms with Crippen molar-refractivity contribution in [3.8, 4) is 11.1 Å². The molecule has 0 aromatic heterocycles. The van der Waals surface area contributed by atoms with Crippen molar-refractivity contribution in [1.29, 1.82) is 0 Å². The highest BCUT2D eigenvalue weighted by molar-refractivity contribution is 6.01. The first-order valence-electron chi connectivity index (χ1n) is 11.5. The van der Waals surface area contributed by atoms with Crippen LogP contribution in [0.3, 0.4) is 0 Å². The molecular weight excluding hydrogens is 415 g/mol. The highest BCUT2D eigenvalue weighted by Gasteiger charge is 2.46. The minimum Gasteiger partial charge on any atom is -0.355 e. The Morgan fingerprint density at radius 2 is 1.58 bits per heavy atom. The summed E-state index contributed by atoms with van der Waals surface area (Å²) in [6.45, 7) is 1.76. The Morgan fingerprint density at radius 1 is 0.909 bits per heavy atom. The van der Waals surface area contributed by atoms with Crippen molar-refractivity contribution < 1.29 is 14.0 Å². The summed E-state index contributed by atoms with van der Waals surface area (Å²) in [5.74, 6) is -0.0553. The number of rotatable bonds is 3. The van der Waals surface area contributed by atoms with Crippen LogP contribution < -0.4 is 5.32 Å². The van der Waals surface area contributed by atoms with E-state index in [-0.39, 0.29) is 29.0 Å². The topological polar surface area (TPSA) is 49.4 Å². The molecule has 2 heterocycles. The molecule has 0 aliphatic carbocycles. The number of piperidine rings is 2. The second kappa shape index (κ2) is 8.81. The lowest BCUT2D eigenvalue weighted by molar-refractivity contribution is -0.127. The maximum absolute atomic E-state index is 13.5. The zero-order chi connectivity index (χ0) is 22.8. The van der Waals surface area contributed by atoms with Crippen LogP contribution in [0.1, 0.15) is 41.1 Å². The first-order valence-corrected chi connectivity index (χ1v) is 11.5. The second-order valence-electron chi connectivity index (χ2n) is 9.15. The Bertz CT molecular complexity index is 1150. The summed E-state index contributed by atoms with van der Waals surface area (Å²) in [6.07, 6.45) is 1.95. The Kier molecular flexibility index (Phi) is 5.71. The lowest BCUT2D eigenvalue weighted by Gasteiger charge is -2.49. The van der Waals surface area contributed by atoms with Crippen molar-refractivity contribution in [2.75, 3.05) is 19.6 Å². The van der Waals surface area contributed by atoms with Gasteiger partial charge >= 0.3 is 0 Å². The standard InChI is InChI=1S/C28H27FN2O2/c29-22-12-10-21(11-13-22)25-19-30-26(32)18-28(25)14-16-31(17-15-28)27(33)24-9-5-4-8-23(24)20-6-2-1-3-7-20/h1-13,25H,14-19H2,(H,30,32)/t25-/m0/s1. The fourth-order valence-corrected chi connectivity index (χ4v) is 5.49. The molecule has 2 amide bonds. The fourth-order valence-electron chi connectivity index (χ4n) is 5.49. The summed E-state index contributed by atoms with van der Waals surface area (Å²) in [4.78, 5) is 27.8. The van der Waals surface area contributed by atoms with Gasteiger partial charge in [0.25, 0.3) is 5.91 Å². The second-order valence-corrected chi connectivity index (χ2v) is 9.15. The predicted octanol–water partition coefficient (Wildman–Crippen LogP) is 5.02. The van der Waals surface area contributed by atoms with Gasteiger partial charge in [0.2, 0.25) is 5.91 Å². The normalized spacial score (nSPS) is 19.8. The fraction of sp³-hybridized carbons (Fsp3) is 0.286. The maximum Gasteiger partial charge on any atom is 0.254 e. The summed E-state index contributed by atoms with van der Waals surface area (Å²) < 4.78 is 13.5. The molecule has 0 saturated carbocycles. The van der Waals surface area contributed by atoms with Gasteiger partial charge in [-0.3, -0.25) is 9.59 Å².